The number of pyridine rings is 1. The molecule has 0 N–H and O–H groups in total. The first-order valence-corrected chi connectivity index (χ1v) is 8.18. The van der Waals surface area contributed by atoms with Crippen molar-refractivity contribution in [2.24, 2.45) is 0 Å². The molecule has 23 heavy (non-hydrogen) atoms. The van der Waals surface area contributed by atoms with Crippen LogP contribution in [0.2, 0.25) is 0 Å². The molecule has 1 aromatic carbocycles. The van der Waals surface area contributed by atoms with Crippen LogP contribution in [0, 0.1) is 0 Å². The van der Waals surface area contributed by atoms with Gasteiger partial charge in [0.1, 0.15) is 0 Å². The molecule has 3 rings (SSSR count). The van der Waals surface area contributed by atoms with Gasteiger partial charge in [-0.3, -0.25) is 4.79 Å². The first kappa shape index (κ1) is 15.7. The minimum atomic E-state index is 0.0693. The van der Waals surface area contributed by atoms with Crippen LogP contribution in [0.3, 0.4) is 0 Å². The summed E-state index contributed by atoms with van der Waals surface area (Å²) in [5, 5.41) is 0.884. The maximum atomic E-state index is 13.1. The van der Waals surface area contributed by atoms with Gasteiger partial charge < -0.3 is 14.5 Å². The summed E-state index contributed by atoms with van der Waals surface area (Å²) in [5.74, 6) is 0.553. The minimum absolute atomic E-state index is 0.0693. The summed E-state index contributed by atoms with van der Waals surface area (Å²) >= 11 is 0. The molecule has 0 saturated carbocycles. The first-order valence-electron chi connectivity index (χ1n) is 8.18. The molecule has 0 atom stereocenters. The largest absolute Gasteiger partial charge is 0.481 e. The summed E-state index contributed by atoms with van der Waals surface area (Å²) in [6, 6.07) is 9.48. The molecule has 0 aliphatic carbocycles. The number of nitrogens with zero attached hydrogens (tertiary/aromatic N) is 3. The van der Waals surface area contributed by atoms with Gasteiger partial charge in [-0.15, -0.1) is 0 Å². The number of rotatable bonds is 3. The second-order valence-corrected chi connectivity index (χ2v) is 5.81. The standard InChI is InChI=1S/C18H23N3O2/c1-3-20-9-6-10-21(12-11-20)18(22)15-13-17(23-2)19-16-8-5-4-7-14(15)16/h4-5,7-8,13H,3,6,9-12H2,1-2H3. The normalized spacial score (nSPS) is 16.3. The monoisotopic (exact) mass is 313 g/mol. The van der Waals surface area contributed by atoms with E-state index in [9.17, 15) is 4.79 Å². The van der Waals surface area contributed by atoms with Gasteiger partial charge in [0.25, 0.3) is 5.91 Å². The second-order valence-electron chi connectivity index (χ2n) is 5.81. The van der Waals surface area contributed by atoms with Crippen molar-refractivity contribution in [3.63, 3.8) is 0 Å². The molecular weight excluding hydrogens is 290 g/mol. The number of hydrogen-bond acceptors (Lipinski definition) is 4. The number of likely N-dealkylation sites (N-methyl/N-ethyl adjacent to an activating group) is 1. The molecule has 0 bridgehead atoms. The topological polar surface area (TPSA) is 45.7 Å². The highest BCUT2D eigenvalue weighted by molar-refractivity contribution is 6.06. The number of fused-ring (bicyclic) bond motifs is 1. The van der Waals surface area contributed by atoms with Crippen molar-refractivity contribution in [1.82, 2.24) is 14.8 Å². The first-order chi connectivity index (χ1) is 11.2. The molecule has 0 unspecified atom stereocenters. The van der Waals surface area contributed by atoms with Crippen molar-refractivity contribution in [3.8, 4) is 5.88 Å². The zero-order valence-electron chi connectivity index (χ0n) is 13.8. The van der Waals surface area contributed by atoms with E-state index >= 15 is 0 Å². The Labute approximate surface area is 136 Å². The molecule has 0 spiro atoms. The third-order valence-corrected chi connectivity index (χ3v) is 4.46. The quantitative estimate of drug-likeness (QED) is 0.873. The highest BCUT2D eigenvalue weighted by atomic mass is 16.5. The van der Waals surface area contributed by atoms with Crippen LogP contribution in [0.1, 0.15) is 23.7 Å². The zero-order valence-corrected chi connectivity index (χ0v) is 13.8. The predicted molar refractivity (Wildman–Crippen MR) is 90.9 cm³/mol. The van der Waals surface area contributed by atoms with Gasteiger partial charge in [-0.05, 0) is 25.6 Å². The van der Waals surface area contributed by atoms with Gasteiger partial charge in [0.05, 0.1) is 18.2 Å². The van der Waals surface area contributed by atoms with Crippen molar-refractivity contribution in [1.29, 1.82) is 0 Å². The lowest BCUT2D eigenvalue weighted by Gasteiger charge is -2.22. The molecule has 1 aromatic heterocycles. The van der Waals surface area contributed by atoms with E-state index in [1.165, 1.54) is 0 Å². The molecule has 1 fully saturated rings. The van der Waals surface area contributed by atoms with E-state index in [0.29, 0.717) is 11.4 Å². The Bertz CT molecular complexity index is 702. The maximum Gasteiger partial charge on any atom is 0.254 e. The van der Waals surface area contributed by atoms with E-state index < -0.39 is 0 Å². The SMILES string of the molecule is CCN1CCCN(C(=O)c2cc(OC)nc3ccccc23)CC1. The fraction of sp³-hybridized carbons (Fsp3) is 0.444. The van der Waals surface area contributed by atoms with Crippen molar-refractivity contribution in [2.45, 2.75) is 13.3 Å². The minimum Gasteiger partial charge on any atom is -0.481 e. The lowest BCUT2D eigenvalue weighted by atomic mass is 10.1. The van der Waals surface area contributed by atoms with Gasteiger partial charge in [0.2, 0.25) is 5.88 Å². The number of carbonyl (C=O) groups is 1. The van der Waals surface area contributed by atoms with Crippen molar-refractivity contribution in [2.75, 3.05) is 39.8 Å². The highest BCUT2D eigenvalue weighted by Crippen LogP contribution is 2.23. The van der Waals surface area contributed by atoms with E-state index in [2.05, 4.69) is 16.8 Å². The Morgan fingerprint density at radius 2 is 2.04 bits per heavy atom. The summed E-state index contributed by atoms with van der Waals surface area (Å²) in [6.07, 6.45) is 1.01. The van der Waals surface area contributed by atoms with Crippen LogP contribution >= 0.6 is 0 Å². The predicted octanol–water partition coefficient (Wildman–Crippen LogP) is 2.41. The number of amides is 1. The highest BCUT2D eigenvalue weighted by Gasteiger charge is 2.22. The van der Waals surface area contributed by atoms with E-state index in [0.717, 1.165) is 50.0 Å². The number of aromatic nitrogens is 1. The zero-order chi connectivity index (χ0) is 16.2. The Hall–Kier alpha value is -2.14. The number of benzene rings is 1. The molecule has 122 valence electrons. The summed E-state index contributed by atoms with van der Waals surface area (Å²) in [7, 11) is 1.58. The van der Waals surface area contributed by atoms with Crippen LogP contribution in [-0.2, 0) is 0 Å². The van der Waals surface area contributed by atoms with Crippen LogP contribution in [0.15, 0.2) is 30.3 Å². The Morgan fingerprint density at radius 1 is 1.22 bits per heavy atom. The number of ether oxygens (including phenoxy) is 1. The lowest BCUT2D eigenvalue weighted by molar-refractivity contribution is 0.0763. The number of hydrogen-bond donors (Lipinski definition) is 0. The van der Waals surface area contributed by atoms with Crippen molar-refractivity contribution < 1.29 is 9.53 Å². The molecular formula is C18H23N3O2. The number of methoxy groups -OCH3 is 1. The van der Waals surface area contributed by atoms with Gasteiger partial charge in [0.15, 0.2) is 0 Å². The molecule has 2 aromatic rings. The van der Waals surface area contributed by atoms with Crippen LogP contribution < -0.4 is 4.74 Å². The lowest BCUT2D eigenvalue weighted by Crippen LogP contribution is -2.35. The van der Waals surface area contributed by atoms with Crippen LogP contribution in [0.4, 0.5) is 0 Å². The van der Waals surface area contributed by atoms with Gasteiger partial charge in [-0.2, -0.15) is 0 Å². The third kappa shape index (κ3) is 3.29. The van der Waals surface area contributed by atoms with Crippen LogP contribution in [-0.4, -0.2) is 60.5 Å². The van der Waals surface area contributed by atoms with E-state index in [4.69, 9.17) is 4.74 Å². The van der Waals surface area contributed by atoms with Crippen LogP contribution in [0.25, 0.3) is 10.9 Å². The smallest absolute Gasteiger partial charge is 0.254 e. The fourth-order valence-electron chi connectivity index (χ4n) is 3.09. The molecule has 5 nitrogen and oxygen atoms in total. The van der Waals surface area contributed by atoms with E-state index in [1.54, 1.807) is 13.2 Å². The molecule has 1 amide bonds. The molecule has 5 heteroatoms. The third-order valence-electron chi connectivity index (χ3n) is 4.46. The van der Waals surface area contributed by atoms with Crippen molar-refractivity contribution in [3.05, 3.63) is 35.9 Å². The maximum absolute atomic E-state index is 13.1. The summed E-state index contributed by atoms with van der Waals surface area (Å²) in [5.41, 5.74) is 1.47. The fourth-order valence-corrected chi connectivity index (χ4v) is 3.09. The molecule has 1 aliphatic heterocycles. The molecule has 1 aliphatic rings. The van der Waals surface area contributed by atoms with Crippen LogP contribution in [0.5, 0.6) is 5.88 Å². The van der Waals surface area contributed by atoms with Gasteiger partial charge in [0, 0.05) is 31.1 Å². The Balaban J connectivity index is 1.94. The average Bonchev–Trinajstić information content (AvgIpc) is 2.85. The summed E-state index contributed by atoms with van der Waals surface area (Å²) in [6.45, 7) is 6.76. The number of para-hydroxylation sites is 1. The summed E-state index contributed by atoms with van der Waals surface area (Å²) < 4.78 is 5.27. The van der Waals surface area contributed by atoms with Crippen molar-refractivity contribution >= 4 is 16.8 Å². The average molecular weight is 313 g/mol. The molecule has 0 radical (unpaired) electrons. The van der Waals surface area contributed by atoms with Gasteiger partial charge >= 0.3 is 0 Å². The molecule has 1 saturated heterocycles. The second kappa shape index (κ2) is 6.96. The Kier molecular flexibility index (Phi) is 4.76. The van der Waals surface area contributed by atoms with Gasteiger partial charge in [-0.1, -0.05) is 25.1 Å². The molecule has 2 heterocycles. The summed E-state index contributed by atoms with van der Waals surface area (Å²) in [4.78, 5) is 21.8. The van der Waals surface area contributed by atoms with Gasteiger partial charge in [-0.25, -0.2) is 4.98 Å². The van der Waals surface area contributed by atoms with E-state index in [1.807, 2.05) is 29.2 Å². The number of carbonyl (C=O) groups excluding carboxylic acids is 1. The van der Waals surface area contributed by atoms with E-state index in [-0.39, 0.29) is 5.91 Å². The Morgan fingerprint density at radius 3 is 2.83 bits per heavy atom.